The van der Waals surface area contributed by atoms with Gasteiger partial charge in [0.15, 0.2) is 6.17 Å². The monoisotopic (exact) mass is 463 g/mol. The molecule has 0 saturated carbocycles. The van der Waals surface area contributed by atoms with Crippen LogP contribution in [0.1, 0.15) is 45.4 Å². The number of hydrogen-bond acceptors (Lipinski definition) is 7. The molecule has 3 amide bonds. The SMILES string of the molecule is CCN(C(=O)C(NC(=O)CCC(N)=O)Nc1cccc(OCCCC(=O)O)c1)N1CCCC1. The summed E-state index contributed by atoms with van der Waals surface area (Å²) in [5, 5.41) is 18.0. The van der Waals surface area contributed by atoms with E-state index in [-0.39, 0.29) is 31.8 Å². The van der Waals surface area contributed by atoms with Crippen molar-refractivity contribution >= 4 is 29.4 Å². The van der Waals surface area contributed by atoms with Crippen LogP contribution < -0.4 is 21.1 Å². The third-order valence-electron chi connectivity index (χ3n) is 5.08. The number of hydrazine groups is 1. The summed E-state index contributed by atoms with van der Waals surface area (Å²) in [4.78, 5) is 47.3. The number of anilines is 1. The number of carbonyl (C=O) groups is 4. The number of benzene rings is 1. The highest BCUT2D eigenvalue weighted by Gasteiger charge is 2.30. The second-order valence-corrected chi connectivity index (χ2v) is 7.70. The number of amides is 3. The van der Waals surface area contributed by atoms with Gasteiger partial charge in [-0.3, -0.25) is 24.2 Å². The number of carboxylic acid groups (broad SMARTS) is 1. The topological polar surface area (TPSA) is 154 Å². The van der Waals surface area contributed by atoms with E-state index in [4.69, 9.17) is 15.6 Å². The molecule has 1 aromatic rings. The lowest BCUT2D eigenvalue weighted by Gasteiger charge is -2.34. The smallest absolute Gasteiger partial charge is 0.303 e. The minimum absolute atomic E-state index is 0.00913. The molecule has 1 fully saturated rings. The zero-order valence-electron chi connectivity index (χ0n) is 18.9. The van der Waals surface area contributed by atoms with Crippen LogP contribution >= 0.6 is 0 Å². The molecule has 5 N–H and O–H groups in total. The standard InChI is InChI=1S/C22H33N5O6/c1-2-27(26-12-3-4-13-26)22(32)21(25-19(29)11-10-18(23)28)24-16-7-5-8-17(15-16)33-14-6-9-20(30)31/h5,7-8,15,21,24H,2-4,6,9-14H2,1H3,(H2,23,28)(H,25,29)(H,30,31). The van der Waals surface area contributed by atoms with Gasteiger partial charge in [-0.25, -0.2) is 5.01 Å². The fraction of sp³-hybridized carbons (Fsp3) is 0.545. The lowest BCUT2D eigenvalue weighted by atomic mass is 10.2. The van der Waals surface area contributed by atoms with Gasteiger partial charge in [-0.15, -0.1) is 0 Å². The Bertz CT molecular complexity index is 827. The fourth-order valence-electron chi connectivity index (χ4n) is 3.47. The van der Waals surface area contributed by atoms with Gasteiger partial charge >= 0.3 is 5.97 Å². The molecule has 11 heteroatoms. The molecule has 1 aliphatic rings. The molecular formula is C22H33N5O6. The number of carbonyl (C=O) groups excluding carboxylic acids is 3. The van der Waals surface area contributed by atoms with Crippen LogP contribution in [-0.2, 0) is 19.2 Å². The lowest BCUT2D eigenvalue weighted by molar-refractivity contribution is -0.149. The zero-order valence-corrected chi connectivity index (χ0v) is 18.9. The Hall–Kier alpha value is -3.34. The number of nitrogens with one attached hydrogen (secondary N) is 2. The number of ether oxygens (including phenoxy) is 1. The number of hydrogen-bond donors (Lipinski definition) is 4. The number of nitrogens with zero attached hydrogens (tertiary/aromatic N) is 2. The van der Waals surface area contributed by atoms with E-state index in [0.29, 0.717) is 24.4 Å². The second kappa shape index (κ2) is 13.3. The number of aliphatic carboxylic acids is 1. The summed E-state index contributed by atoms with van der Waals surface area (Å²) in [6, 6.07) is 6.84. The Morgan fingerprint density at radius 1 is 1.18 bits per heavy atom. The van der Waals surface area contributed by atoms with Crippen LogP contribution in [0.25, 0.3) is 0 Å². The summed E-state index contributed by atoms with van der Waals surface area (Å²) in [7, 11) is 0. The molecule has 2 rings (SSSR count). The van der Waals surface area contributed by atoms with Crippen LogP contribution in [-0.4, -0.2) is 71.2 Å². The van der Waals surface area contributed by atoms with E-state index in [9.17, 15) is 19.2 Å². The predicted octanol–water partition coefficient (Wildman–Crippen LogP) is 0.909. The molecule has 0 aliphatic carbocycles. The van der Waals surface area contributed by atoms with E-state index in [0.717, 1.165) is 25.9 Å². The molecule has 1 saturated heterocycles. The van der Waals surface area contributed by atoms with Crippen LogP contribution in [0.15, 0.2) is 24.3 Å². The highest BCUT2D eigenvalue weighted by molar-refractivity contribution is 5.90. The minimum Gasteiger partial charge on any atom is -0.494 e. The Balaban J connectivity index is 2.11. The molecule has 0 radical (unpaired) electrons. The van der Waals surface area contributed by atoms with E-state index < -0.39 is 23.9 Å². The quantitative estimate of drug-likeness (QED) is 0.234. The van der Waals surface area contributed by atoms with Gasteiger partial charge in [0.2, 0.25) is 11.8 Å². The Morgan fingerprint density at radius 3 is 2.55 bits per heavy atom. The van der Waals surface area contributed by atoms with Crippen molar-refractivity contribution in [3.63, 3.8) is 0 Å². The summed E-state index contributed by atoms with van der Waals surface area (Å²) < 4.78 is 5.59. The van der Waals surface area contributed by atoms with Crippen LogP contribution in [0.4, 0.5) is 5.69 Å². The number of rotatable bonds is 14. The molecule has 11 nitrogen and oxygen atoms in total. The van der Waals surface area contributed by atoms with Crippen LogP contribution in [0.2, 0.25) is 0 Å². The molecule has 1 unspecified atom stereocenters. The fourth-order valence-corrected chi connectivity index (χ4v) is 3.47. The summed E-state index contributed by atoms with van der Waals surface area (Å²) in [6.07, 6.45) is 1.07. The van der Waals surface area contributed by atoms with E-state index >= 15 is 0 Å². The molecule has 1 heterocycles. The van der Waals surface area contributed by atoms with Gasteiger partial charge in [0, 0.05) is 50.7 Å². The van der Waals surface area contributed by atoms with Crippen molar-refractivity contribution in [2.24, 2.45) is 5.73 Å². The second-order valence-electron chi connectivity index (χ2n) is 7.70. The van der Waals surface area contributed by atoms with E-state index in [1.54, 1.807) is 29.3 Å². The zero-order chi connectivity index (χ0) is 24.2. The number of primary amides is 1. The van der Waals surface area contributed by atoms with Crippen LogP contribution in [0, 0.1) is 0 Å². The van der Waals surface area contributed by atoms with Gasteiger partial charge in [-0.2, -0.15) is 0 Å². The molecule has 1 aliphatic heterocycles. The minimum atomic E-state index is -1.06. The summed E-state index contributed by atoms with van der Waals surface area (Å²) in [6.45, 7) is 4.08. The van der Waals surface area contributed by atoms with Crippen molar-refractivity contribution in [3.8, 4) is 5.75 Å². The molecule has 1 aromatic carbocycles. The van der Waals surface area contributed by atoms with Crippen molar-refractivity contribution in [1.29, 1.82) is 0 Å². The average molecular weight is 464 g/mol. The normalized spacial score (nSPS) is 14.3. The van der Waals surface area contributed by atoms with Crippen molar-refractivity contribution in [1.82, 2.24) is 15.3 Å². The maximum absolute atomic E-state index is 13.3. The number of carboxylic acids is 1. The summed E-state index contributed by atoms with van der Waals surface area (Å²) in [5.74, 6) is -1.77. The van der Waals surface area contributed by atoms with Crippen molar-refractivity contribution in [2.75, 3.05) is 31.6 Å². The van der Waals surface area contributed by atoms with Crippen LogP contribution in [0.3, 0.4) is 0 Å². The average Bonchev–Trinajstić information content (AvgIpc) is 3.30. The lowest BCUT2D eigenvalue weighted by Crippen LogP contribution is -2.57. The van der Waals surface area contributed by atoms with Crippen molar-refractivity contribution in [3.05, 3.63) is 24.3 Å². The maximum atomic E-state index is 13.3. The third-order valence-corrected chi connectivity index (χ3v) is 5.08. The molecule has 182 valence electrons. The van der Waals surface area contributed by atoms with E-state index in [1.165, 1.54) is 0 Å². The molecular weight excluding hydrogens is 430 g/mol. The first-order valence-corrected chi connectivity index (χ1v) is 11.1. The summed E-state index contributed by atoms with van der Waals surface area (Å²) in [5.41, 5.74) is 5.67. The molecule has 0 aromatic heterocycles. The largest absolute Gasteiger partial charge is 0.494 e. The van der Waals surface area contributed by atoms with Crippen molar-refractivity contribution in [2.45, 2.75) is 51.6 Å². The molecule has 0 spiro atoms. The van der Waals surface area contributed by atoms with Gasteiger partial charge in [0.25, 0.3) is 5.91 Å². The Kier molecular flexibility index (Phi) is 10.4. The maximum Gasteiger partial charge on any atom is 0.303 e. The molecule has 1 atom stereocenters. The highest BCUT2D eigenvalue weighted by atomic mass is 16.5. The first-order chi connectivity index (χ1) is 15.8. The van der Waals surface area contributed by atoms with Crippen LogP contribution in [0.5, 0.6) is 5.75 Å². The van der Waals surface area contributed by atoms with Gasteiger partial charge in [-0.1, -0.05) is 6.07 Å². The van der Waals surface area contributed by atoms with E-state index in [1.807, 2.05) is 11.9 Å². The Morgan fingerprint density at radius 2 is 1.91 bits per heavy atom. The molecule has 0 bridgehead atoms. The first-order valence-electron chi connectivity index (χ1n) is 11.1. The van der Waals surface area contributed by atoms with Gasteiger partial charge in [0.1, 0.15) is 5.75 Å². The Labute approximate surface area is 193 Å². The summed E-state index contributed by atoms with van der Waals surface area (Å²) >= 11 is 0. The first kappa shape index (κ1) is 25.9. The third kappa shape index (κ3) is 8.97. The molecule has 33 heavy (non-hydrogen) atoms. The van der Waals surface area contributed by atoms with E-state index in [2.05, 4.69) is 10.6 Å². The van der Waals surface area contributed by atoms with Gasteiger partial charge in [0.05, 0.1) is 6.61 Å². The highest BCUT2D eigenvalue weighted by Crippen LogP contribution is 2.19. The number of nitrogens with two attached hydrogens (primary N) is 1. The van der Waals surface area contributed by atoms with Gasteiger partial charge < -0.3 is 26.2 Å². The van der Waals surface area contributed by atoms with Gasteiger partial charge in [-0.05, 0) is 38.3 Å². The predicted molar refractivity (Wildman–Crippen MR) is 121 cm³/mol. The van der Waals surface area contributed by atoms with Crippen molar-refractivity contribution < 1.29 is 29.0 Å². The number of likely N-dealkylation sites (N-methyl/N-ethyl adjacent to an activating group) is 1.